The van der Waals surface area contributed by atoms with Crippen molar-refractivity contribution in [2.75, 3.05) is 16.8 Å². The first-order valence-electron chi connectivity index (χ1n) is 7.43. The lowest BCUT2D eigenvalue weighted by Crippen LogP contribution is -2.39. The molecule has 2 aromatic rings. The number of aromatic nitrogens is 1. The quantitative estimate of drug-likeness (QED) is 0.899. The summed E-state index contributed by atoms with van der Waals surface area (Å²) < 4.78 is 0. The number of thiazole rings is 1. The highest BCUT2D eigenvalue weighted by Gasteiger charge is 2.32. The lowest BCUT2D eigenvalue weighted by molar-refractivity contribution is -0.117. The van der Waals surface area contributed by atoms with Crippen LogP contribution in [0.4, 0.5) is 10.8 Å². The zero-order chi connectivity index (χ0) is 16.4. The Morgan fingerprint density at radius 1 is 1.43 bits per heavy atom. The minimum atomic E-state index is -0.475. The van der Waals surface area contributed by atoms with Crippen LogP contribution in [0.15, 0.2) is 29.8 Å². The molecule has 0 bridgehead atoms. The van der Waals surface area contributed by atoms with Crippen molar-refractivity contribution < 1.29 is 9.59 Å². The van der Waals surface area contributed by atoms with Gasteiger partial charge in [-0.3, -0.25) is 9.59 Å². The molecule has 1 aromatic heterocycles. The second kappa shape index (κ2) is 6.37. The minimum Gasteiger partial charge on any atom is -0.366 e. The number of rotatable bonds is 4. The number of carbonyl (C=O) groups excluding carboxylic acids is 2. The maximum Gasteiger partial charge on any atom is 0.248 e. The summed E-state index contributed by atoms with van der Waals surface area (Å²) in [5.41, 5.74) is 7.22. The summed E-state index contributed by atoms with van der Waals surface area (Å²) in [6, 6.07) is 4.82. The minimum absolute atomic E-state index is 0.0485. The third-order valence-electron chi connectivity index (χ3n) is 3.99. The zero-order valence-corrected chi connectivity index (χ0v) is 13.6. The number of nitrogens with one attached hydrogen (secondary N) is 1. The number of anilines is 2. The van der Waals surface area contributed by atoms with Crippen molar-refractivity contribution in [3.05, 3.63) is 40.9 Å². The average Bonchev–Trinajstić information content (AvgIpc) is 3.19. The van der Waals surface area contributed by atoms with Gasteiger partial charge in [-0.2, -0.15) is 0 Å². The molecule has 1 aliphatic rings. The molecular weight excluding hydrogens is 312 g/mol. The highest BCUT2D eigenvalue weighted by atomic mass is 32.1. The van der Waals surface area contributed by atoms with Crippen LogP contribution in [-0.2, 0) is 4.79 Å². The van der Waals surface area contributed by atoms with E-state index in [1.807, 2.05) is 17.2 Å². The van der Waals surface area contributed by atoms with Crippen LogP contribution in [-0.4, -0.2) is 29.4 Å². The van der Waals surface area contributed by atoms with Crippen LogP contribution < -0.4 is 16.0 Å². The van der Waals surface area contributed by atoms with Crippen LogP contribution in [0.5, 0.6) is 0 Å². The van der Waals surface area contributed by atoms with Gasteiger partial charge in [-0.15, -0.1) is 11.3 Å². The molecular formula is C16H18N4O2S. The summed E-state index contributed by atoms with van der Waals surface area (Å²) in [6.07, 6.45) is 3.53. The average molecular weight is 330 g/mol. The molecule has 2 amide bonds. The predicted molar refractivity (Wildman–Crippen MR) is 90.8 cm³/mol. The third-order valence-corrected chi connectivity index (χ3v) is 4.80. The lowest BCUT2D eigenvalue weighted by atomic mass is 10.1. The summed E-state index contributed by atoms with van der Waals surface area (Å²) in [5, 5.41) is 5.74. The van der Waals surface area contributed by atoms with Gasteiger partial charge in [0.15, 0.2) is 5.13 Å². The Morgan fingerprint density at radius 3 is 2.91 bits per heavy atom. The molecule has 1 saturated heterocycles. The molecule has 3 rings (SSSR count). The molecule has 1 atom stereocenters. The molecule has 0 aliphatic carbocycles. The summed E-state index contributed by atoms with van der Waals surface area (Å²) in [4.78, 5) is 30.2. The summed E-state index contributed by atoms with van der Waals surface area (Å²) >= 11 is 1.54. The molecule has 0 unspecified atom stereocenters. The van der Waals surface area contributed by atoms with Crippen molar-refractivity contribution in [3.8, 4) is 0 Å². The smallest absolute Gasteiger partial charge is 0.248 e. The lowest BCUT2D eigenvalue weighted by Gasteiger charge is -2.23. The van der Waals surface area contributed by atoms with E-state index in [9.17, 15) is 9.59 Å². The first-order valence-corrected chi connectivity index (χ1v) is 8.31. The number of hydrogen-bond donors (Lipinski definition) is 2. The number of nitrogens with two attached hydrogens (primary N) is 1. The van der Waals surface area contributed by atoms with Crippen molar-refractivity contribution in [1.82, 2.24) is 4.98 Å². The zero-order valence-electron chi connectivity index (χ0n) is 12.8. The maximum atomic E-state index is 12.6. The summed E-state index contributed by atoms with van der Waals surface area (Å²) in [5.74, 6) is -0.524. The van der Waals surface area contributed by atoms with E-state index >= 15 is 0 Å². The van der Waals surface area contributed by atoms with Gasteiger partial charge in [0.25, 0.3) is 0 Å². The molecule has 7 heteroatoms. The van der Waals surface area contributed by atoms with Gasteiger partial charge in [0.1, 0.15) is 6.04 Å². The van der Waals surface area contributed by atoms with E-state index in [2.05, 4.69) is 10.3 Å². The van der Waals surface area contributed by atoms with Crippen LogP contribution in [0.3, 0.4) is 0 Å². The molecule has 0 spiro atoms. The first kappa shape index (κ1) is 15.5. The molecule has 0 saturated carbocycles. The number of primary amides is 1. The Bertz CT molecular complexity index is 730. The Morgan fingerprint density at radius 2 is 2.26 bits per heavy atom. The van der Waals surface area contributed by atoms with Gasteiger partial charge >= 0.3 is 0 Å². The topological polar surface area (TPSA) is 88.3 Å². The van der Waals surface area contributed by atoms with Crippen molar-refractivity contribution in [2.45, 2.75) is 25.8 Å². The molecule has 1 aliphatic heterocycles. The molecule has 2 heterocycles. The molecule has 6 nitrogen and oxygen atoms in total. The molecule has 1 fully saturated rings. The molecule has 120 valence electrons. The van der Waals surface area contributed by atoms with E-state index in [1.54, 1.807) is 24.4 Å². The van der Waals surface area contributed by atoms with E-state index < -0.39 is 5.91 Å². The fourth-order valence-electron chi connectivity index (χ4n) is 2.80. The third kappa shape index (κ3) is 3.19. The van der Waals surface area contributed by atoms with Gasteiger partial charge in [-0.1, -0.05) is 0 Å². The Hall–Kier alpha value is -2.41. The Balaban J connectivity index is 1.75. The second-order valence-electron chi connectivity index (χ2n) is 5.55. The molecule has 1 aromatic carbocycles. The summed E-state index contributed by atoms with van der Waals surface area (Å²) in [7, 11) is 0. The van der Waals surface area contributed by atoms with Gasteiger partial charge in [0.2, 0.25) is 11.8 Å². The van der Waals surface area contributed by atoms with E-state index in [-0.39, 0.29) is 11.9 Å². The normalized spacial score (nSPS) is 17.3. The number of nitrogens with zero attached hydrogens (tertiary/aromatic N) is 2. The van der Waals surface area contributed by atoms with Crippen LogP contribution in [0.2, 0.25) is 0 Å². The molecule has 3 N–H and O–H groups in total. The summed E-state index contributed by atoms with van der Waals surface area (Å²) in [6.45, 7) is 2.68. The second-order valence-corrected chi connectivity index (χ2v) is 6.42. The number of benzene rings is 1. The van der Waals surface area contributed by atoms with Crippen LogP contribution in [0, 0.1) is 6.92 Å². The van der Waals surface area contributed by atoms with E-state index in [1.165, 1.54) is 11.3 Å². The van der Waals surface area contributed by atoms with Gasteiger partial charge in [-0.25, -0.2) is 4.98 Å². The van der Waals surface area contributed by atoms with Crippen LogP contribution in [0.25, 0.3) is 0 Å². The standard InChI is InChI=1S/C16H18N4O2S/c1-10-9-11(14(17)21)4-5-12(10)19-15(22)13-3-2-7-20(13)16-18-6-8-23-16/h4-6,8-9,13H,2-3,7H2,1H3,(H2,17,21)(H,19,22)/t13-/m0/s1. The van der Waals surface area contributed by atoms with Crippen molar-refractivity contribution in [3.63, 3.8) is 0 Å². The molecule has 0 radical (unpaired) electrons. The number of amides is 2. The fourth-order valence-corrected chi connectivity index (χ4v) is 3.52. The first-order chi connectivity index (χ1) is 11.1. The van der Waals surface area contributed by atoms with E-state index in [4.69, 9.17) is 5.73 Å². The van der Waals surface area contributed by atoms with Gasteiger partial charge in [-0.05, 0) is 43.5 Å². The van der Waals surface area contributed by atoms with E-state index in [0.717, 1.165) is 30.1 Å². The number of aryl methyl sites for hydroxylation is 1. The van der Waals surface area contributed by atoms with Gasteiger partial charge in [0.05, 0.1) is 0 Å². The van der Waals surface area contributed by atoms with E-state index in [0.29, 0.717) is 11.3 Å². The molecule has 23 heavy (non-hydrogen) atoms. The SMILES string of the molecule is Cc1cc(C(N)=O)ccc1NC(=O)[C@@H]1CCCN1c1nccs1. The maximum absolute atomic E-state index is 12.6. The van der Waals surface area contributed by atoms with Crippen molar-refractivity contribution >= 4 is 34.0 Å². The van der Waals surface area contributed by atoms with Crippen LogP contribution in [0.1, 0.15) is 28.8 Å². The predicted octanol–water partition coefficient (Wildman–Crippen LogP) is 2.16. The Labute approximate surface area is 138 Å². The number of hydrogen-bond acceptors (Lipinski definition) is 5. The van der Waals surface area contributed by atoms with Gasteiger partial charge < -0.3 is 16.0 Å². The highest BCUT2D eigenvalue weighted by Crippen LogP contribution is 2.28. The Kier molecular flexibility index (Phi) is 4.29. The monoisotopic (exact) mass is 330 g/mol. The fraction of sp³-hybridized carbons (Fsp3) is 0.312. The largest absolute Gasteiger partial charge is 0.366 e. The van der Waals surface area contributed by atoms with Crippen molar-refractivity contribution in [2.24, 2.45) is 5.73 Å². The van der Waals surface area contributed by atoms with Gasteiger partial charge in [0, 0.05) is 29.4 Å². The van der Waals surface area contributed by atoms with Crippen molar-refractivity contribution in [1.29, 1.82) is 0 Å². The highest BCUT2D eigenvalue weighted by molar-refractivity contribution is 7.13. The van der Waals surface area contributed by atoms with Crippen LogP contribution >= 0.6 is 11.3 Å². The number of carbonyl (C=O) groups is 2.